The number of hydrogen-bond acceptors (Lipinski definition) is 3. The number of nitrogens with zero attached hydrogens (tertiary/aromatic N) is 1. The highest BCUT2D eigenvalue weighted by Crippen LogP contribution is 2.31. The van der Waals surface area contributed by atoms with Crippen LogP contribution in [-0.2, 0) is 0 Å². The minimum absolute atomic E-state index is 1.06. The topological polar surface area (TPSA) is 12.4 Å². The Labute approximate surface area is 102 Å². The van der Waals surface area contributed by atoms with Gasteiger partial charge in [0.2, 0.25) is 0 Å². The summed E-state index contributed by atoms with van der Waals surface area (Å²) in [5, 5.41) is 4.40. The Morgan fingerprint density at radius 1 is 1.06 bits per heavy atom. The maximum atomic E-state index is 4.49. The molecule has 0 fully saturated rings. The zero-order chi connectivity index (χ0) is 10.8. The van der Waals surface area contributed by atoms with Gasteiger partial charge in [0.05, 0.1) is 0 Å². The van der Waals surface area contributed by atoms with Crippen molar-refractivity contribution in [1.29, 1.82) is 0 Å². The molecule has 0 N–H and O–H groups in total. The van der Waals surface area contributed by atoms with Gasteiger partial charge >= 0.3 is 0 Å². The van der Waals surface area contributed by atoms with E-state index >= 15 is 0 Å². The quantitative estimate of drug-likeness (QED) is 0.578. The first kappa shape index (κ1) is 9.75. The fraction of sp³-hybridized carbons (Fsp3) is 0. The molecular weight excluding hydrogens is 234 g/mol. The highest BCUT2D eigenvalue weighted by molar-refractivity contribution is 7.22. The number of thiophene rings is 2. The predicted octanol–water partition coefficient (Wildman–Crippen LogP) is 4.71. The molecule has 0 aliphatic carbocycles. The molecule has 0 aliphatic rings. The van der Waals surface area contributed by atoms with Crippen molar-refractivity contribution in [3.8, 4) is 0 Å². The molecule has 0 atom stereocenters. The van der Waals surface area contributed by atoms with Crippen molar-refractivity contribution in [3.63, 3.8) is 0 Å². The van der Waals surface area contributed by atoms with Crippen LogP contribution >= 0.6 is 22.7 Å². The van der Waals surface area contributed by atoms with Crippen LogP contribution in [0, 0.1) is 0 Å². The van der Waals surface area contributed by atoms with Crippen molar-refractivity contribution >= 4 is 44.0 Å². The van der Waals surface area contributed by atoms with Crippen molar-refractivity contribution in [3.05, 3.63) is 52.7 Å². The molecule has 0 saturated heterocycles. The Bertz CT molecular complexity index is 587. The third-order valence-electron chi connectivity index (χ3n) is 2.27. The third kappa shape index (κ3) is 1.92. The molecule has 16 heavy (non-hydrogen) atoms. The molecule has 0 amide bonds. The van der Waals surface area contributed by atoms with Crippen LogP contribution in [0.2, 0.25) is 0 Å². The van der Waals surface area contributed by atoms with Gasteiger partial charge in [-0.3, -0.25) is 0 Å². The summed E-state index contributed by atoms with van der Waals surface area (Å²) in [4.78, 5) is 5.68. The maximum absolute atomic E-state index is 4.49. The maximum Gasteiger partial charge on any atom is 0.117 e. The second-order valence-electron chi connectivity index (χ2n) is 3.40. The summed E-state index contributed by atoms with van der Waals surface area (Å²) in [6.45, 7) is 0. The van der Waals surface area contributed by atoms with E-state index in [0.29, 0.717) is 0 Å². The molecule has 0 bridgehead atoms. The molecule has 0 radical (unpaired) electrons. The fourth-order valence-electron chi connectivity index (χ4n) is 1.52. The third-order valence-corrected chi connectivity index (χ3v) is 4.11. The van der Waals surface area contributed by atoms with E-state index in [4.69, 9.17) is 0 Å². The second-order valence-corrected chi connectivity index (χ2v) is 5.44. The SMILES string of the molecule is C(=N\c1cc2ccccc2s1)/c1cccs1. The molecule has 0 saturated carbocycles. The summed E-state index contributed by atoms with van der Waals surface area (Å²) in [5.41, 5.74) is 0. The smallest absolute Gasteiger partial charge is 0.117 e. The van der Waals surface area contributed by atoms with E-state index in [1.54, 1.807) is 22.7 Å². The van der Waals surface area contributed by atoms with E-state index in [0.717, 1.165) is 5.00 Å². The van der Waals surface area contributed by atoms with Gasteiger partial charge in [-0.05, 0) is 29.0 Å². The van der Waals surface area contributed by atoms with E-state index in [1.165, 1.54) is 15.0 Å². The average molecular weight is 243 g/mol. The van der Waals surface area contributed by atoms with Crippen LogP contribution in [-0.4, -0.2) is 6.21 Å². The summed E-state index contributed by atoms with van der Waals surface area (Å²) < 4.78 is 1.29. The molecular formula is C13H9NS2. The molecule has 1 aromatic carbocycles. The van der Waals surface area contributed by atoms with E-state index in [-0.39, 0.29) is 0 Å². The number of aliphatic imine (C=N–C) groups is 1. The van der Waals surface area contributed by atoms with E-state index < -0.39 is 0 Å². The molecule has 3 rings (SSSR count). The van der Waals surface area contributed by atoms with Crippen LogP contribution in [0.5, 0.6) is 0 Å². The van der Waals surface area contributed by atoms with Gasteiger partial charge in [0.15, 0.2) is 0 Å². The van der Waals surface area contributed by atoms with Gasteiger partial charge in [-0.15, -0.1) is 22.7 Å². The molecule has 2 aromatic heterocycles. The molecule has 2 heterocycles. The molecule has 1 nitrogen and oxygen atoms in total. The van der Waals surface area contributed by atoms with Gasteiger partial charge in [0.1, 0.15) is 5.00 Å². The lowest BCUT2D eigenvalue weighted by atomic mass is 10.3. The largest absolute Gasteiger partial charge is 0.245 e. The summed E-state index contributed by atoms with van der Waals surface area (Å²) in [5.74, 6) is 0. The second kappa shape index (κ2) is 4.20. The molecule has 0 unspecified atom stereocenters. The number of benzene rings is 1. The molecule has 3 aromatic rings. The van der Waals surface area contributed by atoms with Crippen LogP contribution in [0.25, 0.3) is 10.1 Å². The highest BCUT2D eigenvalue weighted by Gasteiger charge is 1.98. The van der Waals surface area contributed by atoms with Crippen LogP contribution < -0.4 is 0 Å². The Hall–Kier alpha value is -1.45. The monoisotopic (exact) mass is 243 g/mol. The fourth-order valence-corrected chi connectivity index (χ4v) is 3.02. The van der Waals surface area contributed by atoms with E-state index in [1.807, 2.05) is 12.3 Å². The Balaban J connectivity index is 1.95. The zero-order valence-electron chi connectivity index (χ0n) is 8.46. The van der Waals surface area contributed by atoms with Crippen molar-refractivity contribution in [2.75, 3.05) is 0 Å². The lowest BCUT2D eigenvalue weighted by Crippen LogP contribution is -1.67. The van der Waals surface area contributed by atoms with E-state index in [9.17, 15) is 0 Å². The lowest BCUT2D eigenvalue weighted by molar-refractivity contribution is 1.67. The number of rotatable bonds is 2. The van der Waals surface area contributed by atoms with Crippen molar-refractivity contribution < 1.29 is 0 Å². The van der Waals surface area contributed by atoms with Gasteiger partial charge in [-0.1, -0.05) is 24.3 Å². The normalized spacial score (nSPS) is 11.5. The molecule has 78 valence electrons. The first-order valence-electron chi connectivity index (χ1n) is 4.98. The summed E-state index contributed by atoms with van der Waals surface area (Å²) in [6, 6.07) is 14.6. The highest BCUT2D eigenvalue weighted by atomic mass is 32.1. The average Bonchev–Trinajstić information content (AvgIpc) is 2.95. The van der Waals surface area contributed by atoms with Crippen molar-refractivity contribution in [1.82, 2.24) is 0 Å². The van der Waals surface area contributed by atoms with Gasteiger partial charge < -0.3 is 0 Å². The number of fused-ring (bicyclic) bond motifs is 1. The van der Waals surface area contributed by atoms with Crippen molar-refractivity contribution in [2.24, 2.45) is 4.99 Å². The molecule has 0 spiro atoms. The molecule has 0 aliphatic heterocycles. The number of hydrogen-bond donors (Lipinski definition) is 0. The Kier molecular flexibility index (Phi) is 2.56. The molecule has 3 heteroatoms. The predicted molar refractivity (Wildman–Crippen MR) is 73.4 cm³/mol. The Morgan fingerprint density at radius 3 is 2.81 bits per heavy atom. The van der Waals surface area contributed by atoms with Gasteiger partial charge in [0, 0.05) is 15.8 Å². The van der Waals surface area contributed by atoms with Crippen molar-refractivity contribution in [2.45, 2.75) is 0 Å². The van der Waals surface area contributed by atoms with E-state index in [2.05, 4.69) is 46.8 Å². The van der Waals surface area contributed by atoms with Crippen LogP contribution in [0.15, 0.2) is 52.8 Å². The zero-order valence-corrected chi connectivity index (χ0v) is 10.1. The van der Waals surface area contributed by atoms with Crippen LogP contribution in [0.1, 0.15) is 4.88 Å². The first-order chi connectivity index (χ1) is 7.92. The summed E-state index contributed by atoms with van der Waals surface area (Å²) >= 11 is 3.43. The first-order valence-corrected chi connectivity index (χ1v) is 6.67. The lowest BCUT2D eigenvalue weighted by Gasteiger charge is -1.82. The minimum Gasteiger partial charge on any atom is -0.245 e. The van der Waals surface area contributed by atoms with Gasteiger partial charge in [-0.25, -0.2) is 4.99 Å². The minimum atomic E-state index is 1.06. The Morgan fingerprint density at radius 2 is 2.00 bits per heavy atom. The summed E-state index contributed by atoms with van der Waals surface area (Å²) in [7, 11) is 0. The van der Waals surface area contributed by atoms with Gasteiger partial charge in [0.25, 0.3) is 0 Å². The van der Waals surface area contributed by atoms with Crippen LogP contribution in [0.3, 0.4) is 0 Å². The van der Waals surface area contributed by atoms with Gasteiger partial charge in [-0.2, -0.15) is 0 Å². The summed E-state index contributed by atoms with van der Waals surface area (Å²) in [6.07, 6.45) is 1.93. The van der Waals surface area contributed by atoms with Crippen LogP contribution in [0.4, 0.5) is 5.00 Å². The standard InChI is InChI=1S/C13H9NS2/c1-2-6-12-10(4-1)8-13(16-12)14-9-11-5-3-7-15-11/h1-9H/b14-9+.